The molecule has 0 bridgehead atoms. The smallest absolute Gasteiger partial charge is 0.131 e. The summed E-state index contributed by atoms with van der Waals surface area (Å²) in [7, 11) is 0. The number of nitrogens with zero attached hydrogens (tertiary/aromatic N) is 1. The van der Waals surface area contributed by atoms with Gasteiger partial charge in [0, 0.05) is 22.9 Å². The zero-order valence-electron chi connectivity index (χ0n) is 17.8. The number of rotatable bonds is 10. The summed E-state index contributed by atoms with van der Waals surface area (Å²) in [5, 5.41) is 9.28. The van der Waals surface area contributed by atoms with Crippen LogP contribution in [0.1, 0.15) is 31.7 Å². The Balaban J connectivity index is 1.66. The number of aliphatic hydroxyl groups excluding tert-OH is 1. The molecule has 0 radical (unpaired) electrons. The van der Waals surface area contributed by atoms with Gasteiger partial charge in [-0.3, -0.25) is 4.98 Å². The average Bonchev–Trinajstić information content (AvgIpc) is 2.78. The SMILES string of the molecule is C=CCOc1ccc(-c2ccc(-c3ccc(/C=C/CCCC(C)O)cc3F)cn2)cc1. The summed E-state index contributed by atoms with van der Waals surface area (Å²) in [4.78, 5) is 4.51. The highest BCUT2D eigenvalue weighted by atomic mass is 19.1. The lowest BCUT2D eigenvalue weighted by Gasteiger charge is -2.07. The van der Waals surface area contributed by atoms with Gasteiger partial charge in [-0.25, -0.2) is 4.39 Å². The van der Waals surface area contributed by atoms with Crippen LogP contribution >= 0.6 is 0 Å². The van der Waals surface area contributed by atoms with Crippen molar-refractivity contribution in [2.24, 2.45) is 0 Å². The van der Waals surface area contributed by atoms with E-state index in [2.05, 4.69) is 11.6 Å². The Kier molecular flexibility index (Phi) is 8.13. The first kappa shape index (κ1) is 22.4. The third kappa shape index (κ3) is 6.63. The predicted molar refractivity (Wildman–Crippen MR) is 125 cm³/mol. The van der Waals surface area contributed by atoms with Crippen molar-refractivity contribution in [2.75, 3.05) is 6.61 Å². The molecule has 0 aliphatic rings. The molecule has 1 atom stereocenters. The molecule has 1 unspecified atom stereocenters. The summed E-state index contributed by atoms with van der Waals surface area (Å²) in [6.07, 6.45) is 9.60. The van der Waals surface area contributed by atoms with Crippen LogP contribution < -0.4 is 4.74 Å². The van der Waals surface area contributed by atoms with Crippen molar-refractivity contribution in [1.29, 1.82) is 0 Å². The van der Waals surface area contributed by atoms with Gasteiger partial charge >= 0.3 is 0 Å². The van der Waals surface area contributed by atoms with Gasteiger partial charge in [0.25, 0.3) is 0 Å². The van der Waals surface area contributed by atoms with E-state index in [9.17, 15) is 9.50 Å². The van der Waals surface area contributed by atoms with Crippen LogP contribution in [0.3, 0.4) is 0 Å². The lowest BCUT2D eigenvalue weighted by atomic mass is 10.0. The van der Waals surface area contributed by atoms with E-state index < -0.39 is 0 Å². The number of hydrogen-bond donors (Lipinski definition) is 1. The number of halogens is 1. The molecule has 4 heteroatoms. The average molecular weight is 418 g/mol. The molecule has 1 aromatic heterocycles. The fraction of sp³-hybridized carbons (Fsp3) is 0.222. The van der Waals surface area contributed by atoms with Gasteiger partial charge in [0.1, 0.15) is 18.2 Å². The van der Waals surface area contributed by atoms with E-state index in [0.29, 0.717) is 12.2 Å². The molecule has 0 amide bonds. The van der Waals surface area contributed by atoms with Gasteiger partial charge < -0.3 is 9.84 Å². The van der Waals surface area contributed by atoms with E-state index >= 15 is 0 Å². The number of hydrogen-bond acceptors (Lipinski definition) is 3. The van der Waals surface area contributed by atoms with Crippen molar-refractivity contribution < 1.29 is 14.2 Å². The van der Waals surface area contributed by atoms with Gasteiger partial charge in [-0.1, -0.05) is 43.0 Å². The normalized spacial score (nSPS) is 12.1. The molecule has 0 aliphatic carbocycles. The zero-order valence-corrected chi connectivity index (χ0v) is 17.8. The second-order valence-corrected chi connectivity index (χ2v) is 7.48. The lowest BCUT2D eigenvalue weighted by Crippen LogP contribution is -1.97. The fourth-order valence-electron chi connectivity index (χ4n) is 3.22. The maximum absolute atomic E-state index is 14.7. The number of allylic oxidation sites excluding steroid dienone is 1. The molecule has 3 rings (SSSR count). The summed E-state index contributed by atoms with van der Waals surface area (Å²) in [6, 6.07) is 16.7. The van der Waals surface area contributed by atoms with Crippen LogP contribution in [0.4, 0.5) is 4.39 Å². The highest BCUT2D eigenvalue weighted by Gasteiger charge is 2.07. The molecule has 0 fully saturated rings. The first-order chi connectivity index (χ1) is 15.1. The Morgan fingerprint density at radius 2 is 1.87 bits per heavy atom. The van der Waals surface area contributed by atoms with Crippen molar-refractivity contribution in [3.8, 4) is 28.1 Å². The van der Waals surface area contributed by atoms with Gasteiger partial charge in [-0.15, -0.1) is 0 Å². The summed E-state index contributed by atoms with van der Waals surface area (Å²) in [6.45, 7) is 5.89. The van der Waals surface area contributed by atoms with E-state index in [1.807, 2.05) is 54.6 Å². The van der Waals surface area contributed by atoms with Crippen LogP contribution in [0, 0.1) is 5.82 Å². The minimum atomic E-state index is -0.277. The standard InChI is InChI=1S/C27H28FNO2/c1-3-17-31-24-13-10-22(11-14-24)27-16-12-23(19-29-27)25-15-9-21(18-26(25)28)8-6-4-5-7-20(2)30/h3,6,8-16,18-20,30H,1,4-5,7,17H2,2H3/b8-6+. The monoisotopic (exact) mass is 417 g/mol. The van der Waals surface area contributed by atoms with Gasteiger partial charge in [0.2, 0.25) is 0 Å². The van der Waals surface area contributed by atoms with Gasteiger partial charge in [-0.2, -0.15) is 0 Å². The first-order valence-electron chi connectivity index (χ1n) is 10.5. The molecular weight excluding hydrogens is 389 g/mol. The molecule has 31 heavy (non-hydrogen) atoms. The van der Waals surface area contributed by atoms with E-state index in [0.717, 1.165) is 47.4 Å². The molecule has 0 saturated carbocycles. The molecule has 0 aliphatic heterocycles. The first-order valence-corrected chi connectivity index (χ1v) is 10.5. The number of aliphatic hydroxyl groups is 1. The molecule has 0 spiro atoms. The van der Waals surface area contributed by atoms with Crippen molar-refractivity contribution >= 4 is 6.08 Å². The number of pyridine rings is 1. The predicted octanol–water partition coefficient (Wildman–Crippen LogP) is 6.68. The maximum Gasteiger partial charge on any atom is 0.131 e. The molecule has 2 aromatic carbocycles. The molecule has 1 N–H and O–H groups in total. The quantitative estimate of drug-likeness (QED) is 0.295. The number of ether oxygens (including phenoxy) is 1. The van der Waals surface area contributed by atoms with Crippen LogP contribution in [0.25, 0.3) is 28.5 Å². The third-order valence-electron chi connectivity index (χ3n) is 4.89. The van der Waals surface area contributed by atoms with Gasteiger partial charge in [-0.05, 0) is 68.1 Å². The molecule has 160 valence electrons. The zero-order chi connectivity index (χ0) is 22.1. The van der Waals surface area contributed by atoms with Crippen LogP contribution in [0.15, 0.2) is 79.5 Å². The van der Waals surface area contributed by atoms with Gasteiger partial charge in [0.05, 0.1) is 11.8 Å². The second kappa shape index (κ2) is 11.2. The van der Waals surface area contributed by atoms with Crippen molar-refractivity contribution in [1.82, 2.24) is 4.98 Å². The van der Waals surface area contributed by atoms with Crippen LogP contribution in [-0.4, -0.2) is 22.8 Å². The fourth-order valence-corrected chi connectivity index (χ4v) is 3.22. The van der Waals surface area contributed by atoms with Crippen LogP contribution in [0.5, 0.6) is 5.75 Å². The Morgan fingerprint density at radius 1 is 1.10 bits per heavy atom. The Bertz CT molecular complexity index is 1010. The Morgan fingerprint density at radius 3 is 2.52 bits per heavy atom. The number of benzene rings is 2. The Labute approximate surface area is 183 Å². The molecule has 3 aromatic rings. The highest BCUT2D eigenvalue weighted by Crippen LogP contribution is 2.27. The largest absolute Gasteiger partial charge is 0.490 e. The summed E-state index contributed by atoms with van der Waals surface area (Å²) in [5.41, 5.74) is 3.87. The minimum Gasteiger partial charge on any atom is -0.490 e. The topological polar surface area (TPSA) is 42.4 Å². The van der Waals surface area contributed by atoms with Crippen LogP contribution in [-0.2, 0) is 0 Å². The maximum atomic E-state index is 14.7. The lowest BCUT2D eigenvalue weighted by molar-refractivity contribution is 0.182. The highest BCUT2D eigenvalue weighted by molar-refractivity contribution is 5.69. The number of aromatic nitrogens is 1. The Hall–Kier alpha value is -3.24. The van der Waals surface area contributed by atoms with E-state index in [-0.39, 0.29) is 11.9 Å². The molecular formula is C27H28FNO2. The van der Waals surface area contributed by atoms with Crippen LogP contribution in [0.2, 0.25) is 0 Å². The van der Waals surface area contributed by atoms with E-state index in [1.165, 1.54) is 6.07 Å². The minimum absolute atomic E-state index is 0.274. The number of unbranched alkanes of at least 4 members (excludes halogenated alkanes) is 1. The summed E-state index contributed by atoms with van der Waals surface area (Å²) in [5.74, 6) is 0.504. The summed E-state index contributed by atoms with van der Waals surface area (Å²) < 4.78 is 20.2. The van der Waals surface area contributed by atoms with Gasteiger partial charge in [0.15, 0.2) is 0 Å². The molecule has 1 heterocycles. The molecule has 3 nitrogen and oxygen atoms in total. The van der Waals surface area contributed by atoms with Crippen molar-refractivity contribution in [3.05, 3.63) is 90.9 Å². The van der Waals surface area contributed by atoms with Crippen molar-refractivity contribution in [2.45, 2.75) is 32.3 Å². The summed E-state index contributed by atoms with van der Waals surface area (Å²) >= 11 is 0. The molecule has 0 saturated heterocycles. The van der Waals surface area contributed by atoms with Crippen molar-refractivity contribution in [3.63, 3.8) is 0 Å². The van der Waals surface area contributed by atoms with E-state index in [4.69, 9.17) is 4.74 Å². The third-order valence-corrected chi connectivity index (χ3v) is 4.89. The second-order valence-electron chi connectivity index (χ2n) is 7.48. The van der Waals surface area contributed by atoms with E-state index in [1.54, 1.807) is 25.3 Å².